The molecule has 0 unspecified atom stereocenters. The maximum absolute atomic E-state index is 14.8. The van der Waals surface area contributed by atoms with Crippen LogP contribution in [0.15, 0.2) is 85.0 Å². The number of aromatic nitrogens is 2. The first-order valence-corrected chi connectivity index (χ1v) is 14.9. The highest BCUT2D eigenvalue weighted by Crippen LogP contribution is 2.43. The van der Waals surface area contributed by atoms with E-state index in [4.69, 9.17) is 10.5 Å². The van der Waals surface area contributed by atoms with E-state index in [-0.39, 0.29) is 22.8 Å². The fourth-order valence-electron chi connectivity index (χ4n) is 6.39. The van der Waals surface area contributed by atoms with Crippen molar-refractivity contribution in [3.05, 3.63) is 96.1 Å². The predicted molar refractivity (Wildman–Crippen MR) is 167 cm³/mol. The van der Waals surface area contributed by atoms with Gasteiger partial charge >= 0.3 is 12.1 Å². The molecule has 3 heterocycles. The monoisotopic (exact) mass is 617 g/mol. The number of rotatable bonds is 7. The zero-order valence-electron chi connectivity index (χ0n) is 24.5. The molecule has 2 fully saturated rings. The molecule has 8 nitrogen and oxygen atoms in total. The van der Waals surface area contributed by atoms with Crippen molar-refractivity contribution in [1.82, 2.24) is 15.3 Å². The Morgan fingerprint density at radius 2 is 1.84 bits per heavy atom. The van der Waals surface area contributed by atoms with Crippen LogP contribution in [0.4, 0.5) is 24.9 Å². The number of allylic oxidation sites excluding steroid dienone is 6. The molecule has 0 saturated carbocycles. The quantitative estimate of drug-likeness (QED) is 0.282. The van der Waals surface area contributed by atoms with Crippen molar-refractivity contribution in [1.29, 1.82) is 0 Å². The number of ether oxygens (including phenoxy) is 1. The number of halogens is 3. The van der Waals surface area contributed by atoms with Crippen LogP contribution in [-0.4, -0.2) is 52.9 Å². The van der Waals surface area contributed by atoms with Gasteiger partial charge in [-0.25, -0.2) is 0 Å². The minimum atomic E-state index is -4.77. The normalized spacial score (nSPS) is 20.1. The summed E-state index contributed by atoms with van der Waals surface area (Å²) >= 11 is 0. The molecule has 0 bridgehead atoms. The van der Waals surface area contributed by atoms with E-state index in [1.54, 1.807) is 36.4 Å². The van der Waals surface area contributed by atoms with Crippen LogP contribution in [0.3, 0.4) is 0 Å². The molecule has 1 spiro atoms. The van der Waals surface area contributed by atoms with Crippen LogP contribution >= 0.6 is 0 Å². The topological polar surface area (TPSA) is 114 Å². The van der Waals surface area contributed by atoms with Crippen molar-refractivity contribution in [3.8, 4) is 17.0 Å². The average Bonchev–Trinajstić information content (AvgIpc) is 3.24. The molecule has 4 N–H and O–H groups in total. The number of nitrogens with two attached hydrogens (primary N) is 1. The van der Waals surface area contributed by atoms with Crippen molar-refractivity contribution in [2.75, 3.05) is 30.3 Å². The number of aliphatic carboxylic acids is 1. The van der Waals surface area contributed by atoms with Crippen molar-refractivity contribution >= 4 is 23.3 Å². The molecule has 0 amide bonds. The van der Waals surface area contributed by atoms with E-state index in [1.807, 2.05) is 41.3 Å². The van der Waals surface area contributed by atoms with Crippen LogP contribution in [0, 0.1) is 5.41 Å². The van der Waals surface area contributed by atoms with E-state index in [2.05, 4.69) is 15.3 Å². The van der Waals surface area contributed by atoms with Gasteiger partial charge in [0.2, 0.25) is 17.9 Å². The summed E-state index contributed by atoms with van der Waals surface area (Å²) in [5.74, 6) is -0.971. The summed E-state index contributed by atoms with van der Waals surface area (Å²) in [6.45, 7) is 1.70. The molecule has 2 aromatic carbocycles. The molecule has 234 valence electrons. The molecule has 11 heteroatoms. The summed E-state index contributed by atoms with van der Waals surface area (Å²) in [5.41, 5.74) is 8.53. The molecule has 2 saturated heterocycles. The molecule has 1 aliphatic carbocycles. The Hall–Kier alpha value is -4.64. The number of carboxylic acids is 1. The molecule has 2 atom stereocenters. The van der Waals surface area contributed by atoms with Gasteiger partial charge in [-0.2, -0.15) is 23.1 Å². The number of hydrogen-bond donors (Lipinski definition) is 3. The highest BCUT2D eigenvalue weighted by molar-refractivity contribution is 5.80. The van der Waals surface area contributed by atoms with E-state index < -0.39 is 24.3 Å². The van der Waals surface area contributed by atoms with Gasteiger partial charge < -0.3 is 25.8 Å². The van der Waals surface area contributed by atoms with Crippen LogP contribution in [0.2, 0.25) is 0 Å². The number of nitrogen functional groups attached to an aromatic ring is 1. The number of alkyl halides is 3. The van der Waals surface area contributed by atoms with Gasteiger partial charge in [0.15, 0.2) is 0 Å². The molecule has 1 aromatic heterocycles. The number of piperidine rings is 1. The van der Waals surface area contributed by atoms with E-state index >= 15 is 0 Å². The first kappa shape index (κ1) is 30.4. The summed E-state index contributed by atoms with van der Waals surface area (Å²) in [4.78, 5) is 21.7. The lowest BCUT2D eigenvalue weighted by atomic mass is 9.76. The van der Waals surface area contributed by atoms with Crippen LogP contribution in [0.1, 0.15) is 42.9 Å². The second-order valence-electron chi connectivity index (χ2n) is 11.8. The average molecular weight is 618 g/mol. The third kappa shape index (κ3) is 6.73. The zero-order chi connectivity index (χ0) is 31.6. The summed E-state index contributed by atoms with van der Waals surface area (Å²) in [5, 5.41) is 12.5. The van der Waals surface area contributed by atoms with Crippen molar-refractivity contribution in [2.45, 2.75) is 44.0 Å². The SMILES string of the molecule is Nc1nc(O[C@H](c2ccc(C3=CCC=CC=C3)cc2-c2ccccc2)C(F)(F)F)cc(N2CCC3(CC2)CN[C@H](C(=O)O)C3)n1. The van der Waals surface area contributed by atoms with Gasteiger partial charge in [0, 0.05) is 31.3 Å². The smallest absolute Gasteiger partial charge is 0.429 e. The number of anilines is 2. The minimum absolute atomic E-state index is 0.0471. The van der Waals surface area contributed by atoms with E-state index in [0.29, 0.717) is 62.3 Å². The highest BCUT2D eigenvalue weighted by atomic mass is 19.4. The van der Waals surface area contributed by atoms with Crippen molar-refractivity contribution < 1.29 is 27.8 Å². The fourth-order valence-corrected chi connectivity index (χ4v) is 6.39. The van der Waals surface area contributed by atoms with Gasteiger partial charge in [-0.3, -0.25) is 4.79 Å². The van der Waals surface area contributed by atoms with E-state index in [1.165, 1.54) is 12.1 Å². The second-order valence-corrected chi connectivity index (χ2v) is 11.8. The Morgan fingerprint density at radius 3 is 2.56 bits per heavy atom. The van der Waals surface area contributed by atoms with Gasteiger partial charge in [0.1, 0.15) is 11.9 Å². The third-order valence-electron chi connectivity index (χ3n) is 8.80. The predicted octanol–water partition coefficient (Wildman–Crippen LogP) is 6.34. The fraction of sp³-hybridized carbons (Fsp3) is 0.324. The molecule has 0 radical (unpaired) electrons. The number of benzene rings is 2. The molecule has 6 rings (SSSR count). The Balaban J connectivity index is 1.30. The molecular weight excluding hydrogens is 583 g/mol. The summed E-state index contributed by atoms with van der Waals surface area (Å²) in [6.07, 6.45) is 5.40. The Kier molecular flexibility index (Phi) is 8.37. The highest BCUT2D eigenvalue weighted by Gasteiger charge is 2.46. The van der Waals surface area contributed by atoms with Gasteiger partial charge in [-0.1, -0.05) is 72.8 Å². The number of hydrogen-bond acceptors (Lipinski definition) is 7. The lowest BCUT2D eigenvalue weighted by molar-refractivity contribution is -0.198. The largest absolute Gasteiger partial charge is 0.480 e. The molecule has 45 heavy (non-hydrogen) atoms. The Bertz CT molecular complexity index is 1650. The van der Waals surface area contributed by atoms with Gasteiger partial charge in [-0.15, -0.1) is 0 Å². The van der Waals surface area contributed by atoms with E-state index in [9.17, 15) is 23.1 Å². The van der Waals surface area contributed by atoms with E-state index in [0.717, 1.165) is 11.1 Å². The Morgan fingerprint density at radius 1 is 1.07 bits per heavy atom. The molecule has 2 aliphatic heterocycles. The number of nitrogens with one attached hydrogen (secondary N) is 1. The maximum Gasteiger partial charge on any atom is 0.429 e. The van der Waals surface area contributed by atoms with Gasteiger partial charge in [0.05, 0.1) is 0 Å². The lowest BCUT2D eigenvalue weighted by Crippen LogP contribution is -2.41. The van der Waals surface area contributed by atoms with Crippen LogP contribution in [0.5, 0.6) is 5.88 Å². The molecule has 3 aliphatic rings. The maximum atomic E-state index is 14.8. The first-order chi connectivity index (χ1) is 21.6. The van der Waals surface area contributed by atoms with Crippen LogP contribution < -0.4 is 20.7 Å². The standard InChI is InChI=1S/C34H34F3N5O3/c35-34(36,37)30(25-13-12-24(22-8-4-1-2-5-9-22)18-26(25)23-10-6-3-7-11-23)45-29-19-28(40-32(38)41-29)42-16-14-33(15-17-42)20-27(31(43)44)39-21-33/h1-4,6-13,18-19,27,30,39H,5,14-17,20-21H2,(H,43,44)(H2,38,40,41)/t27-,30+/m0/s1. The van der Waals surface area contributed by atoms with Crippen molar-refractivity contribution in [3.63, 3.8) is 0 Å². The van der Waals surface area contributed by atoms with Gasteiger partial charge in [0.25, 0.3) is 0 Å². The summed E-state index contributed by atoms with van der Waals surface area (Å²) in [7, 11) is 0. The summed E-state index contributed by atoms with van der Waals surface area (Å²) in [6, 6.07) is 14.7. The van der Waals surface area contributed by atoms with Crippen molar-refractivity contribution in [2.24, 2.45) is 5.41 Å². The third-order valence-corrected chi connectivity index (χ3v) is 8.80. The minimum Gasteiger partial charge on any atom is -0.480 e. The number of carbonyl (C=O) groups is 1. The number of nitrogens with zero attached hydrogens (tertiary/aromatic N) is 3. The Labute approximate surface area is 259 Å². The van der Waals surface area contributed by atoms with Crippen LogP contribution in [-0.2, 0) is 4.79 Å². The summed E-state index contributed by atoms with van der Waals surface area (Å²) < 4.78 is 50.1. The number of carboxylic acid groups (broad SMARTS) is 1. The van der Waals surface area contributed by atoms with Gasteiger partial charge in [-0.05, 0) is 59.4 Å². The molecular formula is C34H34F3N5O3. The lowest BCUT2D eigenvalue weighted by Gasteiger charge is -2.39. The second kappa shape index (κ2) is 12.4. The molecule has 3 aromatic rings. The van der Waals surface area contributed by atoms with Crippen LogP contribution in [0.25, 0.3) is 16.7 Å². The zero-order valence-corrected chi connectivity index (χ0v) is 24.5. The first-order valence-electron chi connectivity index (χ1n) is 14.9.